The topological polar surface area (TPSA) is 79.9 Å². The van der Waals surface area contributed by atoms with Gasteiger partial charge in [0.25, 0.3) is 5.56 Å². The average Bonchev–Trinajstić information content (AvgIpc) is 2.60. The Morgan fingerprint density at radius 3 is 2.54 bits per heavy atom. The second-order valence-corrected chi connectivity index (χ2v) is 6.04. The van der Waals surface area contributed by atoms with Crippen LogP contribution >= 0.6 is 0 Å². The molecule has 7 heteroatoms. The Morgan fingerprint density at radius 1 is 1.12 bits per heavy atom. The van der Waals surface area contributed by atoms with Gasteiger partial charge in [0.1, 0.15) is 17.3 Å². The summed E-state index contributed by atoms with van der Waals surface area (Å²) in [5.74, 6) is 0.550. The maximum Gasteiger partial charge on any atom is 0.274 e. The molecule has 0 saturated carbocycles. The van der Waals surface area contributed by atoms with E-state index in [2.05, 4.69) is 20.5 Å². The third kappa shape index (κ3) is 4.44. The van der Waals surface area contributed by atoms with Gasteiger partial charge in [-0.1, -0.05) is 24.3 Å². The molecule has 3 rings (SSSR count). The molecule has 2 N–H and O–H groups in total. The third-order valence-electron chi connectivity index (χ3n) is 3.55. The minimum Gasteiger partial charge on any atom is -0.489 e. The first-order chi connectivity index (χ1) is 12.5. The third-order valence-corrected chi connectivity index (χ3v) is 3.55. The Kier molecular flexibility index (Phi) is 5.26. The summed E-state index contributed by atoms with van der Waals surface area (Å²) in [7, 11) is 0. The predicted molar refractivity (Wildman–Crippen MR) is 97.3 cm³/mol. The molecular formula is C19H19FN4O2. The zero-order valence-corrected chi connectivity index (χ0v) is 14.5. The monoisotopic (exact) mass is 354 g/mol. The summed E-state index contributed by atoms with van der Waals surface area (Å²) in [6, 6.07) is 13.3. The molecule has 1 aromatic heterocycles. The van der Waals surface area contributed by atoms with Crippen molar-refractivity contribution in [3.8, 4) is 5.75 Å². The van der Waals surface area contributed by atoms with Crippen molar-refractivity contribution < 1.29 is 9.13 Å². The Bertz CT molecular complexity index is 939. The van der Waals surface area contributed by atoms with E-state index in [-0.39, 0.29) is 35.5 Å². The number of anilines is 2. The number of hydrogen-bond donors (Lipinski definition) is 2. The number of ether oxygens (including phenoxy) is 1. The number of rotatable bonds is 6. The molecule has 0 aliphatic heterocycles. The summed E-state index contributed by atoms with van der Waals surface area (Å²) in [4.78, 5) is 14.9. The molecule has 0 radical (unpaired) electrons. The van der Waals surface area contributed by atoms with Crippen LogP contribution in [0.2, 0.25) is 0 Å². The molecule has 26 heavy (non-hydrogen) atoms. The summed E-state index contributed by atoms with van der Waals surface area (Å²) in [6.07, 6.45) is 0.289. The van der Waals surface area contributed by atoms with Crippen molar-refractivity contribution in [2.75, 3.05) is 5.32 Å². The Morgan fingerprint density at radius 2 is 1.85 bits per heavy atom. The van der Waals surface area contributed by atoms with Crippen molar-refractivity contribution in [3.05, 3.63) is 76.0 Å². The van der Waals surface area contributed by atoms with Gasteiger partial charge in [-0.15, -0.1) is 10.2 Å². The smallest absolute Gasteiger partial charge is 0.274 e. The highest BCUT2D eigenvalue weighted by Gasteiger charge is 2.09. The van der Waals surface area contributed by atoms with Crippen LogP contribution in [0.4, 0.5) is 16.0 Å². The highest BCUT2D eigenvalue weighted by molar-refractivity contribution is 5.62. The van der Waals surface area contributed by atoms with E-state index in [0.29, 0.717) is 11.4 Å². The normalized spacial score (nSPS) is 10.8. The molecule has 0 unspecified atom stereocenters. The van der Waals surface area contributed by atoms with Crippen LogP contribution < -0.4 is 15.6 Å². The van der Waals surface area contributed by atoms with Gasteiger partial charge in [-0.2, -0.15) is 0 Å². The molecule has 134 valence electrons. The Labute approximate surface area is 150 Å². The SMILES string of the molecule is CC(C)Oc1ccccc1Nc1nnc(Cc2ccc(F)cc2)c(=O)[nH]1. The fraction of sp³-hybridized carbons (Fsp3) is 0.211. The van der Waals surface area contributed by atoms with Gasteiger partial charge in [-0.05, 0) is 43.7 Å². The van der Waals surface area contributed by atoms with E-state index >= 15 is 0 Å². The van der Waals surface area contributed by atoms with E-state index in [4.69, 9.17) is 4.74 Å². The molecule has 0 aliphatic carbocycles. The second-order valence-electron chi connectivity index (χ2n) is 6.04. The number of nitrogens with zero attached hydrogens (tertiary/aromatic N) is 2. The van der Waals surface area contributed by atoms with Crippen molar-refractivity contribution in [3.63, 3.8) is 0 Å². The van der Waals surface area contributed by atoms with Crippen LogP contribution in [0.25, 0.3) is 0 Å². The van der Waals surface area contributed by atoms with Gasteiger partial charge in [0.2, 0.25) is 5.95 Å². The minimum atomic E-state index is -0.353. The number of H-pyrrole nitrogens is 1. The van der Waals surface area contributed by atoms with Gasteiger partial charge in [-0.25, -0.2) is 4.39 Å². The van der Waals surface area contributed by atoms with E-state index in [1.54, 1.807) is 12.1 Å². The molecule has 0 aliphatic rings. The molecule has 6 nitrogen and oxygen atoms in total. The lowest BCUT2D eigenvalue weighted by Gasteiger charge is -2.14. The van der Waals surface area contributed by atoms with Gasteiger partial charge in [0, 0.05) is 6.42 Å². The molecule has 0 amide bonds. The van der Waals surface area contributed by atoms with Gasteiger partial charge in [-0.3, -0.25) is 9.78 Å². The van der Waals surface area contributed by atoms with Crippen molar-refractivity contribution in [1.29, 1.82) is 0 Å². The van der Waals surface area contributed by atoms with Gasteiger partial charge in [0.15, 0.2) is 0 Å². The molecule has 2 aromatic carbocycles. The highest BCUT2D eigenvalue weighted by atomic mass is 19.1. The summed E-state index contributed by atoms with van der Waals surface area (Å²) in [5, 5.41) is 11.0. The highest BCUT2D eigenvalue weighted by Crippen LogP contribution is 2.26. The first kappa shape index (κ1) is 17.6. The summed E-state index contributed by atoms with van der Waals surface area (Å²) < 4.78 is 18.7. The first-order valence-electron chi connectivity index (χ1n) is 8.24. The van der Waals surface area contributed by atoms with Crippen LogP contribution in [0.1, 0.15) is 25.1 Å². The standard InChI is InChI=1S/C19H19FN4O2/c1-12(2)26-17-6-4-3-5-15(17)21-19-22-18(25)16(23-24-19)11-13-7-9-14(20)10-8-13/h3-10,12H,11H2,1-2H3,(H2,21,22,24,25). The van der Waals surface area contributed by atoms with E-state index in [1.165, 1.54) is 12.1 Å². The summed E-state index contributed by atoms with van der Waals surface area (Å²) in [5.41, 5.74) is 1.36. The number of nitrogens with one attached hydrogen (secondary N) is 2. The minimum absolute atomic E-state index is 0.0150. The zero-order chi connectivity index (χ0) is 18.5. The number of hydrogen-bond acceptors (Lipinski definition) is 5. The van der Waals surface area contributed by atoms with Gasteiger partial charge < -0.3 is 10.1 Å². The lowest BCUT2D eigenvalue weighted by molar-refractivity contribution is 0.244. The molecule has 0 bridgehead atoms. The largest absolute Gasteiger partial charge is 0.489 e. The fourth-order valence-electron chi connectivity index (χ4n) is 2.38. The van der Waals surface area contributed by atoms with Gasteiger partial charge >= 0.3 is 0 Å². The quantitative estimate of drug-likeness (QED) is 0.709. The van der Waals surface area contributed by atoms with E-state index in [1.807, 2.05) is 38.1 Å². The van der Waals surface area contributed by atoms with Crippen molar-refractivity contribution in [1.82, 2.24) is 15.2 Å². The zero-order valence-electron chi connectivity index (χ0n) is 14.5. The lowest BCUT2D eigenvalue weighted by atomic mass is 10.1. The van der Waals surface area contributed by atoms with E-state index in [0.717, 1.165) is 5.56 Å². The van der Waals surface area contributed by atoms with E-state index < -0.39 is 0 Å². The van der Waals surface area contributed by atoms with Crippen LogP contribution in [0, 0.1) is 5.82 Å². The lowest BCUT2D eigenvalue weighted by Crippen LogP contribution is -2.19. The van der Waals surface area contributed by atoms with Crippen LogP contribution in [-0.4, -0.2) is 21.3 Å². The molecule has 3 aromatic rings. The number of halogens is 1. The molecular weight excluding hydrogens is 335 g/mol. The molecule has 0 atom stereocenters. The van der Waals surface area contributed by atoms with Crippen LogP contribution in [-0.2, 0) is 6.42 Å². The Balaban J connectivity index is 1.78. The maximum absolute atomic E-state index is 13.0. The number of aromatic amines is 1. The second kappa shape index (κ2) is 7.77. The number of aromatic nitrogens is 3. The van der Waals surface area contributed by atoms with E-state index in [9.17, 15) is 9.18 Å². The summed E-state index contributed by atoms with van der Waals surface area (Å²) in [6.45, 7) is 3.87. The predicted octanol–water partition coefficient (Wildman–Crippen LogP) is 3.43. The van der Waals surface area contributed by atoms with Crippen LogP contribution in [0.5, 0.6) is 5.75 Å². The van der Waals surface area contributed by atoms with Crippen LogP contribution in [0.15, 0.2) is 53.3 Å². The van der Waals surface area contributed by atoms with Gasteiger partial charge in [0.05, 0.1) is 11.8 Å². The van der Waals surface area contributed by atoms with Crippen molar-refractivity contribution in [2.24, 2.45) is 0 Å². The maximum atomic E-state index is 13.0. The summed E-state index contributed by atoms with van der Waals surface area (Å²) >= 11 is 0. The molecule has 0 saturated heterocycles. The fourth-order valence-corrected chi connectivity index (χ4v) is 2.38. The average molecular weight is 354 g/mol. The number of para-hydroxylation sites is 2. The van der Waals surface area contributed by atoms with Crippen LogP contribution in [0.3, 0.4) is 0 Å². The number of benzene rings is 2. The first-order valence-corrected chi connectivity index (χ1v) is 8.24. The molecule has 0 spiro atoms. The molecule has 0 fully saturated rings. The van der Waals surface area contributed by atoms with Crippen molar-refractivity contribution in [2.45, 2.75) is 26.4 Å². The Hall–Kier alpha value is -3.22. The molecule has 1 heterocycles. The van der Waals surface area contributed by atoms with Crippen molar-refractivity contribution >= 4 is 11.6 Å².